The molecule has 3 aromatic rings. The van der Waals surface area contributed by atoms with Gasteiger partial charge in [-0.2, -0.15) is 5.10 Å². The monoisotopic (exact) mass is 393 g/mol. The molecule has 0 bridgehead atoms. The fraction of sp³-hybridized carbons (Fsp3) is 0.227. The van der Waals surface area contributed by atoms with E-state index < -0.39 is 5.92 Å². The zero-order valence-corrected chi connectivity index (χ0v) is 16.7. The number of nitrogens with zero attached hydrogens (tertiary/aromatic N) is 2. The van der Waals surface area contributed by atoms with Crippen LogP contribution in [0.15, 0.2) is 42.5 Å². The van der Waals surface area contributed by atoms with Crippen LogP contribution in [0.2, 0.25) is 5.02 Å². The molecule has 0 saturated heterocycles. The zero-order chi connectivity index (χ0) is 20.0. The molecule has 1 aromatic heterocycles. The first-order chi connectivity index (χ1) is 13.3. The number of ketones is 1. The standard InChI is InChI=1S/C22H20ClN3O2/c1-12-8-13(2)10-15(9-12)26-22-20(14(3)25-26)17(11-19(27)24-22)21(28)16-6-4-5-7-18(16)23/h4-10,17H,11H2,1-3H3,(H,24,27)/t17-/m1/s1. The fourth-order valence-electron chi connectivity index (χ4n) is 3.88. The van der Waals surface area contributed by atoms with Gasteiger partial charge in [-0.25, -0.2) is 4.68 Å². The number of nitrogens with one attached hydrogen (secondary N) is 1. The number of aryl methyl sites for hydroxylation is 3. The number of hydrogen-bond donors (Lipinski definition) is 1. The van der Waals surface area contributed by atoms with Crippen LogP contribution in [-0.4, -0.2) is 21.5 Å². The molecule has 5 nitrogen and oxygen atoms in total. The summed E-state index contributed by atoms with van der Waals surface area (Å²) in [5, 5.41) is 7.95. The summed E-state index contributed by atoms with van der Waals surface area (Å²) < 4.78 is 1.72. The number of benzene rings is 2. The molecule has 142 valence electrons. The minimum Gasteiger partial charge on any atom is -0.310 e. The van der Waals surface area contributed by atoms with Crippen molar-refractivity contribution in [2.45, 2.75) is 33.1 Å². The molecule has 0 fully saturated rings. The highest BCUT2D eigenvalue weighted by Gasteiger charge is 2.36. The van der Waals surface area contributed by atoms with Crippen LogP contribution in [0.5, 0.6) is 0 Å². The third kappa shape index (κ3) is 3.12. The molecule has 1 aliphatic rings. The van der Waals surface area contributed by atoms with Crippen molar-refractivity contribution >= 4 is 29.1 Å². The Morgan fingerprint density at radius 3 is 2.50 bits per heavy atom. The number of aromatic nitrogens is 2. The van der Waals surface area contributed by atoms with Crippen LogP contribution in [-0.2, 0) is 4.79 Å². The van der Waals surface area contributed by atoms with Crippen molar-refractivity contribution in [3.63, 3.8) is 0 Å². The van der Waals surface area contributed by atoms with E-state index >= 15 is 0 Å². The molecular formula is C22H20ClN3O2. The number of fused-ring (bicyclic) bond motifs is 1. The summed E-state index contributed by atoms with van der Waals surface area (Å²) in [4.78, 5) is 25.7. The maximum absolute atomic E-state index is 13.2. The van der Waals surface area contributed by atoms with E-state index in [1.807, 2.05) is 32.9 Å². The zero-order valence-electron chi connectivity index (χ0n) is 15.9. The lowest BCUT2D eigenvalue weighted by Crippen LogP contribution is -2.28. The number of halogens is 1. The molecular weight excluding hydrogens is 374 g/mol. The predicted molar refractivity (Wildman–Crippen MR) is 110 cm³/mol. The summed E-state index contributed by atoms with van der Waals surface area (Å²) in [6, 6.07) is 13.0. The second kappa shape index (κ2) is 6.91. The van der Waals surface area contributed by atoms with E-state index in [2.05, 4.69) is 16.5 Å². The Hall–Kier alpha value is -2.92. The van der Waals surface area contributed by atoms with Gasteiger partial charge in [-0.15, -0.1) is 0 Å². The second-order valence-electron chi connectivity index (χ2n) is 7.25. The Labute approximate surface area is 168 Å². The van der Waals surface area contributed by atoms with Gasteiger partial charge in [-0.3, -0.25) is 9.59 Å². The van der Waals surface area contributed by atoms with E-state index in [0.717, 1.165) is 28.1 Å². The van der Waals surface area contributed by atoms with Gasteiger partial charge in [0.05, 0.1) is 22.3 Å². The molecule has 1 N–H and O–H groups in total. The normalized spacial score (nSPS) is 15.9. The Balaban J connectivity index is 1.86. The SMILES string of the molecule is Cc1cc(C)cc(-n2nc(C)c3c2NC(=O)C[C@H]3C(=O)c2ccccc2Cl)c1. The summed E-state index contributed by atoms with van der Waals surface area (Å²) in [6.45, 7) is 5.89. The molecule has 2 aromatic carbocycles. The number of Topliss-reactive ketones (excluding diaryl/α,β-unsaturated/α-hetero) is 1. The molecule has 4 rings (SSSR count). The minimum absolute atomic E-state index is 0.0798. The van der Waals surface area contributed by atoms with Crippen molar-refractivity contribution in [2.24, 2.45) is 0 Å². The van der Waals surface area contributed by atoms with Gasteiger partial charge in [0, 0.05) is 17.5 Å². The maximum atomic E-state index is 13.2. The van der Waals surface area contributed by atoms with Crippen LogP contribution in [0.3, 0.4) is 0 Å². The highest BCUT2D eigenvalue weighted by molar-refractivity contribution is 6.34. The van der Waals surface area contributed by atoms with Gasteiger partial charge in [-0.1, -0.05) is 29.8 Å². The Morgan fingerprint density at radius 2 is 1.82 bits per heavy atom. The third-order valence-electron chi connectivity index (χ3n) is 5.01. The summed E-state index contributed by atoms with van der Waals surface area (Å²) in [7, 11) is 0. The summed E-state index contributed by atoms with van der Waals surface area (Å²) in [5.74, 6) is -0.416. The summed E-state index contributed by atoms with van der Waals surface area (Å²) in [5.41, 5.74) is 4.95. The van der Waals surface area contributed by atoms with Crippen LogP contribution in [0.25, 0.3) is 5.69 Å². The maximum Gasteiger partial charge on any atom is 0.226 e. The Bertz CT molecular complexity index is 1100. The van der Waals surface area contributed by atoms with Gasteiger partial charge in [-0.05, 0) is 56.2 Å². The van der Waals surface area contributed by atoms with Gasteiger partial charge in [0.1, 0.15) is 5.82 Å². The first-order valence-corrected chi connectivity index (χ1v) is 9.49. The van der Waals surface area contributed by atoms with Gasteiger partial charge in [0.15, 0.2) is 5.78 Å². The number of anilines is 1. The number of carbonyl (C=O) groups excluding carboxylic acids is 2. The smallest absolute Gasteiger partial charge is 0.226 e. The van der Waals surface area contributed by atoms with Crippen molar-refractivity contribution in [3.8, 4) is 5.69 Å². The number of hydrogen-bond acceptors (Lipinski definition) is 3. The van der Waals surface area contributed by atoms with E-state index in [1.165, 1.54) is 0 Å². The predicted octanol–water partition coefficient (Wildman–Crippen LogP) is 4.76. The topological polar surface area (TPSA) is 64.0 Å². The van der Waals surface area contributed by atoms with Crippen LogP contribution in [0.4, 0.5) is 5.82 Å². The summed E-state index contributed by atoms with van der Waals surface area (Å²) >= 11 is 6.24. The van der Waals surface area contributed by atoms with Crippen molar-refractivity contribution in [1.82, 2.24) is 9.78 Å². The molecule has 0 aliphatic carbocycles. The van der Waals surface area contributed by atoms with Crippen molar-refractivity contribution in [3.05, 3.63) is 75.4 Å². The lowest BCUT2D eigenvalue weighted by Gasteiger charge is -2.23. The largest absolute Gasteiger partial charge is 0.310 e. The van der Waals surface area contributed by atoms with Crippen molar-refractivity contribution < 1.29 is 9.59 Å². The molecule has 0 unspecified atom stereocenters. The first-order valence-electron chi connectivity index (χ1n) is 9.12. The lowest BCUT2D eigenvalue weighted by molar-refractivity contribution is -0.116. The quantitative estimate of drug-likeness (QED) is 0.652. The van der Waals surface area contributed by atoms with Gasteiger partial charge < -0.3 is 5.32 Å². The lowest BCUT2D eigenvalue weighted by atomic mass is 9.85. The molecule has 1 amide bonds. The average Bonchev–Trinajstić information content (AvgIpc) is 2.96. The number of carbonyl (C=O) groups is 2. The van der Waals surface area contributed by atoms with Crippen LogP contribution < -0.4 is 5.32 Å². The van der Waals surface area contributed by atoms with E-state index in [9.17, 15) is 9.59 Å². The highest BCUT2D eigenvalue weighted by atomic mass is 35.5. The average molecular weight is 394 g/mol. The van der Waals surface area contributed by atoms with Crippen molar-refractivity contribution in [1.29, 1.82) is 0 Å². The summed E-state index contributed by atoms with van der Waals surface area (Å²) in [6.07, 6.45) is 0.0798. The third-order valence-corrected chi connectivity index (χ3v) is 5.34. The Morgan fingerprint density at radius 1 is 1.14 bits per heavy atom. The molecule has 0 radical (unpaired) electrons. The molecule has 2 heterocycles. The van der Waals surface area contributed by atoms with Crippen LogP contribution in [0.1, 0.15) is 45.1 Å². The highest BCUT2D eigenvalue weighted by Crippen LogP contribution is 2.39. The minimum atomic E-state index is -0.608. The van der Waals surface area contributed by atoms with Gasteiger partial charge >= 0.3 is 0 Å². The molecule has 1 aliphatic heterocycles. The van der Waals surface area contributed by atoms with E-state index in [4.69, 9.17) is 11.6 Å². The van der Waals surface area contributed by atoms with E-state index in [-0.39, 0.29) is 18.1 Å². The number of amides is 1. The Kier molecular flexibility index (Phi) is 4.55. The molecule has 28 heavy (non-hydrogen) atoms. The first kappa shape index (κ1) is 18.4. The van der Waals surface area contributed by atoms with E-state index in [1.54, 1.807) is 28.9 Å². The fourth-order valence-corrected chi connectivity index (χ4v) is 4.11. The molecule has 0 spiro atoms. The van der Waals surface area contributed by atoms with Crippen LogP contribution in [0, 0.1) is 20.8 Å². The van der Waals surface area contributed by atoms with Gasteiger partial charge in [0.2, 0.25) is 5.91 Å². The molecule has 6 heteroatoms. The second-order valence-corrected chi connectivity index (χ2v) is 7.66. The molecule has 1 atom stereocenters. The number of rotatable bonds is 3. The molecule has 0 saturated carbocycles. The van der Waals surface area contributed by atoms with Crippen LogP contribution >= 0.6 is 11.6 Å². The van der Waals surface area contributed by atoms with E-state index in [0.29, 0.717) is 16.4 Å². The van der Waals surface area contributed by atoms with Gasteiger partial charge in [0.25, 0.3) is 0 Å². The van der Waals surface area contributed by atoms with Crippen molar-refractivity contribution in [2.75, 3.05) is 5.32 Å².